The number of hydrogen-bond donors (Lipinski definition) is 0. The summed E-state index contributed by atoms with van der Waals surface area (Å²) < 4.78 is 33.7. The van der Waals surface area contributed by atoms with Crippen LogP contribution in [0.2, 0.25) is 5.02 Å². The van der Waals surface area contributed by atoms with Crippen molar-refractivity contribution in [3.05, 3.63) is 53.1 Å². The van der Waals surface area contributed by atoms with E-state index in [1.165, 1.54) is 44.8 Å². The predicted octanol–water partition coefficient (Wildman–Crippen LogP) is 1.02. The third-order valence-corrected chi connectivity index (χ3v) is 9.50. The van der Waals surface area contributed by atoms with E-state index in [1.807, 2.05) is 31.1 Å². The number of aromatic nitrogens is 1. The van der Waals surface area contributed by atoms with Gasteiger partial charge in [0.25, 0.3) is 5.91 Å². The first kappa shape index (κ1) is 32.0. The minimum absolute atomic E-state index is 0. The maximum atomic E-state index is 13.6. The van der Waals surface area contributed by atoms with Gasteiger partial charge in [0.1, 0.15) is 0 Å². The molecule has 0 N–H and O–H groups in total. The van der Waals surface area contributed by atoms with Crippen molar-refractivity contribution in [1.82, 2.24) is 19.1 Å². The predicted molar refractivity (Wildman–Crippen MR) is 153 cm³/mol. The number of rotatable bonds is 9. The van der Waals surface area contributed by atoms with Gasteiger partial charge < -0.3 is 26.9 Å². The van der Waals surface area contributed by atoms with Gasteiger partial charge >= 0.3 is 6.09 Å². The van der Waals surface area contributed by atoms with E-state index < -0.39 is 16.1 Å². The largest absolute Gasteiger partial charge is 1.00 e. The molecule has 1 aliphatic rings. The van der Waals surface area contributed by atoms with Crippen molar-refractivity contribution in [3.63, 3.8) is 0 Å². The zero-order valence-corrected chi connectivity index (χ0v) is 25.7. The molecule has 1 aliphatic heterocycles. The number of carbonyl (C=O) groups is 2. The maximum absolute atomic E-state index is 13.6. The van der Waals surface area contributed by atoms with Crippen LogP contribution in [0.4, 0.5) is 9.93 Å². The summed E-state index contributed by atoms with van der Waals surface area (Å²) in [6, 6.07) is 11.4. The monoisotopic (exact) mass is 628 g/mol. The lowest BCUT2D eigenvalue weighted by Gasteiger charge is -2.33. The van der Waals surface area contributed by atoms with Crippen LogP contribution < -0.4 is 17.3 Å². The average Bonchev–Trinajstić information content (AvgIpc) is 3.33. The zero-order valence-electron chi connectivity index (χ0n) is 22.5. The van der Waals surface area contributed by atoms with E-state index in [9.17, 15) is 18.0 Å². The van der Waals surface area contributed by atoms with Gasteiger partial charge in [0, 0.05) is 43.3 Å². The smallest absolute Gasteiger partial charge is 0.409 e. The van der Waals surface area contributed by atoms with E-state index in [2.05, 4.69) is 4.98 Å². The summed E-state index contributed by atoms with van der Waals surface area (Å²) in [6.45, 7) is 4.09. The van der Waals surface area contributed by atoms with Crippen LogP contribution in [-0.4, -0.2) is 99.5 Å². The van der Waals surface area contributed by atoms with Crippen LogP contribution in [0, 0.1) is 0 Å². The van der Waals surface area contributed by atoms with Crippen molar-refractivity contribution >= 4 is 60.3 Å². The second-order valence-electron chi connectivity index (χ2n) is 9.34. The molecule has 2 heterocycles. The van der Waals surface area contributed by atoms with Gasteiger partial charge in [-0.1, -0.05) is 22.9 Å². The molecule has 2 aromatic carbocycles. The number of ether oxygens (including phenoxy) is 1. The molecule has 0 spiro atoms. The lowest BCUT2D eigenvalue weighted by atomic mass is 10.2. The molecule has 4 rings (SSSR count). The molecule has 10 nitrogen and oxygen atoms in total. The first-order chi connectivity index (χ1) is 18.6. The standard InChI is InChI=1S/C26H32ClN5O5S2.ClH/c1-4-37-26(34)30-14-16-31(17-15-30)39(35,36)21-9-6-19(7-10-21)24(33)32(13-5-12-29(2)3)25-28-22-11-8-20(27)18-23(22)38-25;/h6-11,18H,4-5,12-17H2,1-3H3;1H/p-1. The second kappa shape index (κ2) is 13.9. The van der Waals surface area contributed by atoms with Crippen LogP contribution in [0.15, 0.2) is 47.4 Å². The fourth-order valence-electron chi connectivity index (χ4n) is 4.23. The topological polar surface area (TPSA) is 103 Å². The second-order valence-corrected chi connectivity index (χ2v) is 12.7. The van der Waals surface area contributed by atoms with Gasteiger partial charge in [-0.3, -0.25) is 9.69 Å². The summed E-state index contributed by atoms with van der Waals surface area (Å²) in [6.07, 6.45) is 0.295. The molecule has 3 aromatic rings. The molecule has 14 heteroatoms. The van der Waals surface area contributed by atoms with Gasteiger partial charge in [0.05, 0.1) is 21.7 Å². The van der Waals surface area contributed by atoms with Crippen LogP contribution >= 0.6 is 22.9 Å². The van der Waals surface area contributed by atoms with Crippen LogP contribution in [0.5, 0.6) is 0 Å². The van der Waals surface area contributed by atoms with E-state index >= 15 is 0 Å². The SMILES string of the molecule is CCOC(=O)N1CCN(S(=O)(=O)c2ccc(C(=O)N(CCCN(C)C)c3nc4ccc(Cl)cc4s3)cc2)CC1.[Cl-]. The van der Waals surface area contributed by atoms with Crippen molar-refractivity contribution in [1.29, 1.82) is 0 Å². The fourth-order valence-corrected chi connectivity index (χ4v) is 6.92. The number of fused-ring (bicyclic) bond motifs is 1. The van der Waals surface area contributed by atoms with Gasteiger partial charge in [-0.05, 0) is 76.4 Å². The summed E-state index contributed by atoms with van der Waals surface area (Å²) in [4.78, 5) is 35.5. The molecule has 0 atom stereocenters. The molecule has 0 aliphatic carbocycles. The van der Waals surface area contributed by atoms with Gasteiger partial charge in [0.15, 0.2) is 5.13 Å². The Morgan fingerprint density at radius 2 is 1.73 bits per heavy atom. The summed E-state index contributed by atoms with van der Waals surface area (Å²) in [5, 5.41) is 1.16. The Kier molecular flexibility index (Phi) is 11.2. The lowest BCUT2D eigenvalue weighted by molar-refractivity contribution is -0.0000250. The first-order valence-electron chi connectivity index (χ1n) is 12.6. The van der Waals surface area contributed by atoms with E-state index in [1.54, 1.807) is 17.9 Å². The number of hydrogen-bond acceptors (Lipinski definition) is 8. The molecule has 2 amide bonds. The minimum atomic E-state index is -3.78. The van der Waals surface area contributed by atoms with Crippen molar-refractivity contribution < 1.29 is 35.2 Å². The number of halogens is 2. The fraction of sp³-hybridized carbons (Fsp3) is 0.423. The Morgan fingerprint density at radius 3 is 2.35 bits per heavy atom. The van der Waals surface area contributed by atoms with Crippen LogP contribution in [0.3, 0.4) is 0 Å². The number of piperazine rings is 1. The molecule has 40 heavy (non-hydrogen) atoms. The van der Waals surface area contributed by atoms with Gasteiger partial charge in [-0.15, -0.1) is 0 Å². The highest BCUT2D eigenvalue weighted by atomic mass is 35.5. The van der Waals surface area contributed by atoms with Gasteiger partial charge in [0.2, 0.25) is 10.0 Å². The van der Waals surface area contributed by atoms with Crippen molar-refractivity contribution in [2.75, 3.05) is 64.9 Å². The minimum Gasteiger partial charge on any atom is -1.00 e. The molecule has 1 aromatic heterocycles. The highest BCUT2D eigenvalue weighted by molar-refractivity contribution is 7.89. The molecular weight excluding hydrogens is 597 g/mol. The number of benzene rings is 2. The Bertz CT molecular complexity index is 1430. The van der Waals surface area contributed by atoms with Gasteiger partial charge in [-0.2, -0.15) is 4.31 Å². The quantitative estimate of drug-likeness (QED) is 0.348. The zero-order chi connectivity index (χ0) is 28.2. The molecule has 0 bridgehead atoms. The summed E-state index contributed by atoms with van der Waals surface area (Å²) in [7, 11) is 0.166. The Labute approximate surface area is 249 Å². The van der Waals surface area contributed by atoms with E-state index in [4.69, 9.17) is 16.3 Å². The molecule has 1 saturated heterocycles. The highest BCUT2D eigenvalue weighted by Gasteiger charge is 2.31. The summed E-state index contributed by atoms with van der Waals surface area (Å²) in [5.74, 6) is -0.258. The van der Waals surface area contributed by atoms with Crippen molar-refractivity contribution in [3.8, 4) is 0 Å². The highest BCUT2D eigenvalue weighted by Crippen LogP contribution is 2.32. The number of amides is 2. The van der Waals surface area contributed by atoms with E-state index in [-0.39, 0.29) is 56.0 Å². The lowest BCUT2D eigenvalue weighted by Crippen LogP contribution is -3.00. The number of thiazole rings is 1. The van der Waals surface area contributed by atoms with E-state index in [0.717, 1.165) is 23.2 Å². The number of carbonyl (C=O) groups excluding carboxylic acids is 2. The maximum Gasteiger partial charge on any atom is 0.409 e. The van der Waals surface area contributed by atoms with Crippen molar-refractivity contribution in [2.24, 2.45) is 0 Å². The Morgan fingerprint density at radius 1 is 1.05 bits per heavy atom. The molecular formula is C26H32Cl2N5O5S2-. The van der Waals surface area contributed by atoms with E-state index in [0.29, 0.717) is 22.3 Å². The molecule has 218 valence electrons. The first-order valence-corrected chi connectivity index (χ1v) is 15.3. The Hall–Kier alpha value is -2.48. The molecule has 0 saturated carbocycles. The van der Waals surface area contributed by atoms with Crippen LogP contribution in [-0.2, 0) is 14.8 Å². The van der Waals surface area contributed by atoms with Gasteiger partial charge in [-0.25, -0.2) is 18.2 Å². The normalized spacial score (nSPS) is 14.3. The van der Waals surface area contributed by atoms with Crippen LogP contribution in [0.1, 0.15) is 23.7 Å². The third-order valence-electron chi connectivity index (χ3n) is 6.31. The molecule has 0 radical (unpaired) electrons. The number of nitrogens with zero attached hydrogens (tertiary/aromatic N) is 5. The number of anilines is 1. The average molecular weight is 630 g/mol. The van der Waals surface area contributed by atoms with Crippen molar-refractivity contribution in [2.45, 2.75) is 18.2 Å². The van der Waals surface area contributed by atoms with Crippen LogP contribution in [0.25, 0.3) is 10.2 Å². The molecule has 0 unspecified atom stereocenters. The summed E-state index contributed by atoms with van der Waals surface area (Å²) in [5.41, 5.74) is 1.12. The summed E-state index contributed by atoms with van der Waals surface area (Å²) >= 11 is 7.53. The third kappa shape index (κ3) is 7.42. The Balaban J connectivity index is 0.00000441. The molecule has 1 fully saturated rings. The number of sulfonamides is 1.